The molecule has 0 saturated carbocycles. The van der Waals surface area contributed by atoms with E-state index in [9.17, 15) is 19.2 Å². The van der Waals surface area contributed by atoms with Crippen LogP contribution in [0.5, 0.6) is 0 Å². The number of benzene rings is 3. The number of ether oxygens (including phenoxy) is 2. The molecule has 14 heteroatoms. The Hall–Kier alpha value is -6.18. The van der Waals surface area contributed by atoms with Gasteiger partial charge in [-0.05, 0) is 79.3 Å². The van der Waals surface area contributed by atoms with Crippen molar-refractivity contribution in [2.45, 2.75) is 75.2 Å². The molecule has 3 saturated heterocycles. The first-order chi connectivity index (χ1) is 26.8. The van der Waals surface area contributed by atoms with E-state index in [0.717, 1.165) is 77.2 Å². The van der Waals surface area contributed by atoms with Crippen LogP contribution in [0.15, 0.2) is 79.0 Å². The molecule has 4 N–H and O–H groups in total. The molecular formula is C41H44N8O6. The molecule has 3 fully saturated rings. The van der Waals surface area contributed by atoms with Gasteiger partial charge in [0.2, 0.25) is 5.91 Å². The van der Waals surface area contributed by atoms with Crippen LogP contribution in [0.3, 0.4) is 0 Å². The molecule has 0 spiro atoms. The van der Waals surface area contributed by atoms with E-state index in [1.807, 2.05) is 47.5 Å². The maximum Gasteiger partial charge on any atom is 0.407 e. The molecule has 0 radical (unpaired) electrons. The highest BCUT2D eigenvalue weighted by Crippen LogP contribution is 2.41. The molecule has 3 aliphatic heterocycles. The van der Waals surface area contributed by atoms with Gasteiger partial charge in [0.05, 0.1) is 49.2 Å². The summed E-state index contributed by atoms with van der Waals surface area (Å²) in [6, 6.07) is 22.0. The fraction of sp³-hybridized carbons (Fsp3) is 0.366. The number of piperidine rings is 1. The Balaban J connectivity index is 0.936. The number of hydrogen-bond acceptors (Lipinski definition) is 8. The van der Waals surface area contributed by atoms with Crippen LogP contribution in [0.2, 0.25) is 0 Å². The highest BCUT2D eigenvalue weighted by molar-refractivity contribution is 5.88. The van der Waals surface area contributed by atoms with Crippen LogP contribution in [0.25, 0.3) is 22.3 Å². The van der Waals surface area contributed by atoms with Crippen LogP contribution in [0, 0.1) is 0 Å². The van der Waals surface area contributed by atoms with Crippen molar-refractivity contribution in [3.8, 4) is 11.3 Å². The second-order valence-corrected chi connectivity index (χ2v) is 14.5. The van der Waals surface area contributed by atoms with Crippen LogP contribution in [-0.2, 0) is 25.5 Å². The van der Waals surface area contributed by atoms with Crippen LogP contribution >= 0.6 is 0 Å². The molecule has 8 rings (SSSR count). The summed E-state index contributed by atoms with van der Waals surface area (Å²) >= 11 is 0. The number of aromatic amines is 2. The lowest BCUT2D eigenvalue weighted by Gasteiger charge is -2.37. The molecule has 55 heavy (non-hydrogen) atoms. The van der Waals surface area contributed by atoms with Gasteiger partial charge in [-0.2, -0.15) is 0 Å². The second-order valence-electron chi connectivity index (χ2n) is 14.5. The van der Waals surface area contributed by atoms with E-state index >= 15 is 0 Å². The van der Waals surface area contributed by atoms with Crippen LogP contribution in [-0.4, -0.2) is 86.6 Å². The third-order valence-electron chi connectivity index (χ3n) is 11.1. The fourth-order valence-electron chi connectivity index (χ4n) is 8.39. The lowest BCUT2D eigenvalue weighted by Crippen LogP contribution is -2.54. The van der Waals surface area contributed by atoms with Crippen LogP contribution < -0.4 is 10.6 Å². The Labute approximate surface area is 318 Å². The largest absolute Gasteiger partial charge is 0.453 e. The summed E-state index contributed by atoms with van der Waals surface area (Å²) in [7, 11) is 2.58. The standard InChI is InChI=1S/C41H44N8O6/c1-54-40(52)46-30-18-15-28-16-19-34(49(28)38(30)50)36-42-23-32(45-36)26-13-10-24(11-14-26)21-25-12-17-29-31(22-25)44-37(43-29)33-9-6-20-48(33)39(51)35(47-41(53)55-2)27-7-4-3-5-8-27/h3-5,7-8,10-14,17,22-23,28,30,33-35H,6,9,15-16,18-21H2,1-2H3,(H,42,45)(H,43,44)(H,46,52)(H,47,53)/t28-,30-,33?,34-,35+/m0/s1. The molecule has 1 unspecified atom stereocenters. The minimum Gasteiger partial charge on any atom is -0.453 e. The van der Waals surface area contributed by atoms with Gasteiger partial charge in [0.1, 0.15) is 23.7 Å². The van der Waals surface area contributed by atoms with Gasteiger partial charge in [0.25, 0.3) is 5.91 Å². The summed E-state index contributed by atoms with van der Waals surface area (Å²) in [5.41, 5.74) is 6.53. The molecule has 4 amide bonds. The second kappa shape index (κ2) is 15.3. The normalized spacial score (nSPS) is 21.3. The number of H-pyrrole nitrogens is 2. The number of rotatable bonds is 9. The van der Waals surface area contributed by atoms with Crippen molar-refractivity contribution in [1.29, 1.82) is 0 Å². The van der Waals surface area contributed by atoms with E-state index in [1.165, 1.54) is 14.2 Å². The summed E-state index contributed by atoms with van der Waals surface area (Å²) < 4.78 is 9.55. The first kappa shape index (κ1) is 35.8. The zero-order valence-electron chi connectivity index (χ0n) is 30.8. The highest BCUT2D eigenvalue weighted by Gasteiger charge is 2.45. The SMILES string of the molecule is COC(=O)N[C@H]1CC[C@H]2CC[C@@H](c3ncc(-c4ccc(Cc5ccc6nc(C7CCCN7C(=O)[C@H](NC(=O)OC)c7ccccc7)[nH]c6c5)cc4)[nH]3)N2C1=O. The topological polar surface area (TPSA) is 175 Å². The van der Waals surface area contributed by atoms with Crippen molar-refractivity contribution in [1.82, 2.24) is 40.4 Å². The number of carbonyl (C=O) groups excluding carboxylic acids is 4. The molecule has 5 heterocycles. The average molecular weight is 745 g/mol. The van der Waals surface area contributed by atoms with Crippen molar-refractivity contribution in [3.63, 3.8) is 0 Å². The maximum absolute atomic E-state index is 13.9. The first-order valence-electron chi connectivity index (χ1n) is 18.8. The van der Waals surface area contributed by atoms with Crippen molar-refractivity contribution < 1.29 is 28.7 Å². The lowest BCUT2D eigenvalue weighted by molar-refractivity contribution is -0.139. The van der Waals surface area contributed by atoms with Gasteiger partial charge >= 0.3 is 12.2 Å². The molecular weight excluding hydrogens is 701 g/mol. The first-order valence-corrected chi connectivity index (χ1v) is 18.8. The Morgan fingerprint density at radius 2 is 1.62 bits per heavy atom. The Bertz CT molecular complexity index is 2200. The van der Waals surface area contributed by atoms with Crippen molar-refractivity contribution in [2.24, 2.45) is 0 Å². The summed E-state index contributed by atoms with van der Waals surface area (Å²) in [6.07, 6.45) is 6.00. The van der Waals surface area contributed by atoms with Crippen molar-refractivity contribution in [2.75, 3.05) is 20.8 Å². The van der Waals surface area contributed by atoms with Crippen LogP contribution in [0.1, 0.15) is 85.0 Å². The van der Waals surface area contributed by atoms with Crippen molar-refractivity contribution in [3.05, 3.63) is 107 Å². The summed E-state index contributed by atoms with van der Waals surface area (Å²) in [5.74, 6) is 1.18. The van der Waals surface area contributed by atoms with Crippen LogP contribution in [0.4, 0.5) is 9.59 Å². The van der Waals surface area contributed by atoms with Gasteiger partial charge in [-0.1, -0.05) is 60.7 Å². The smallest absolute Gasteiger partial charge is 0.407 e. The highest BCUT2D eigenvalue weighted by atomic mass is 16.5. The Kier molecular flexibility index (Phi) is 9.96. The number of aromatic nitrogens is 4. The Morgan fingerprint density at radius 3 is 2.40 bits per heavy atom. The van der Waals surface area contributed by atoms with Gasteiger partial charge in [-0.15, -0.1) is 0 Å². The summed E-state index contributed by atoms with van der Waals surface area (Å²) in [5, 5.41) is 5.40. The van der Waals surface area contributed by atoms with Gasteiger partial charge in [-0.25, -0.2) is 19.6 Å². The van der Waals surface area contributed by atoms with Gasteiger partial charge in [0.15, 0.2) is 0 Å². The molecule has 0 bridgehead atoms. The zero-order valence-corrected chi connectivity index (χ0v) is 30.8. The minimum absolute atomic E-state index is 0.0893. The van der Waals surface area contributed by atoms with Crippen molar-refractivity contribution >= 4 is 35.0 Å². The number of imidazole rings is 2. The van der Waals surface area contributed by atoms with E-state index in [2.05, 4.69) is 62.0 Å². The molecule has 5 aromatic rings. The summed E-state index contributed by atoms with van der Waals surface area (Å²) in [6.45, 7) is 0.559. The zero-order chi connectivity index (χ0) is 38.1. The molecule has 14 nitrogen and oxygen atoms in total. The number of likely N-dealkylation sites (tertiary alicyclic amines) is 1. The number of carbonyl (C=O) groups is 4. The lowest BCUT2D eigenvalue weighted by atomic mass is 9.98. The van der Waals surface area contributed by atoms with Gasteiger partial charge < -0.3 is 39.9 Å². The number of amides is 4. The molecule has 0 aliphatic carbocycles. The number of methoxy groups -OCH3 is 2. The minimum atomic E-state index is -0.876. The maximum atomic E-state index is 13.9. The van der Waals surface area contributed by atoms with E-state index in [0.29, 0.717) is 24.9 Å². The predicted molar refractivity (Wildman–Crippen MR) is 203 cm³/mol. The quantitative estimate of drug-likeness (QED) is 0.145. The van der Waals surface area contributed by atoms with Gasteiger partial charge in [0, 0.05) is 12.6 Å². The van der Waals surface area contributed by atoms with E-state index in [4.69, 9.17) is 14.5 Å². The number of nitrogens with zero attached hydrogens (tertiary/aromatic N) is 4. The number of fused-ring (bicyclic) bond motifs is 2. The molecule has 284 valence electrons. The number of alkyl carbamates (subject to hydrolysis) is 2. The average Bonchev–Trinajstić information content (AvgIpc) is 4.04. The van der Waals surface area contributed by atoms with E-state index in [-0.39, 0.29) is 29.9 Å². The number of nitrogens with one attached hydrogen (secondary N) is 4. The third kappa shape index (κ3) is 7.23. The van der Waals surface area contributed by atoms with E-state index < -0.39 is 24.3 Å². The van der Waals surface area contributed by atoms with E-state index in [1.54, 1.807) is 4.90 Å². The molecule has 5 atom stereocenters. The monoisotopic (exact) mass is 744 g/mol. The molecule has 3 aromatic carbocycles. The Morgan fingerprint density at radius 1 is 0.855 bits per heavy atom. The predicted octanol–water partition coefficient (Wildman–Crippen LogP) is 5.86. The number of hydrogen-bond donors (Lipinski definition) is 4. The fourth-order valence-corrected chi connectivity index (χ4v) is 8.39. The van der Waals surface area contributed by atoms with Gasteiger partial charge in [-0.3, -0.25) is 9.59 Å². The third-order valence-corrected chi connectivity index (χ3v) is 11.1. The summed E-state index contributed by atoms with van der Waals surface area (Å²) in [4.78, 5) is 71.5. The molecule has 2 aromatic heterocycles. The molecule has 3 aliphatic rings.